The van der Waals surface area contributed by atoms with Crippen molar-refractivity contribution in [2.24, 2.45) is 0 Å². The Morgan fingerprint density at radius 2 is 1.53 bits per heavy atom. The van der Waals surface area contributed by atoms with Crippen molar-refractivity contribution < 1.29 is 18.9 Å². The Morgan fingerprint density at radius 3 is 2.12 bits per heavy atom. The van der Waals surface area contributed by atoms with Gasteiger partial charge in [0.25, 0.3) is 0 Å². The van der Waals surface area contributed by atoms with Crippen LogP contribution in [0.5, 0.6) is 17.2 Å². The van der Waals surface area contributed by atoms with E-state index in [1.54, 1.807) is 21.3 Å². The molecule has 0 amide bonds. The van der Waals surface area contributed by atoms with E-state index in [-0.39, 0.29) is 5.92 Å². The summed E-state index contributed by atoms with van der Waals surface area (Å²) >= 11 is 0. The lowest BCUT2D eigenvalue weighted by atomic mass is 10.00. The number of benzene rings is 2. The molecule has 7 heteroatoms. The van der Waals surface area contributed by atoms with Gasteiger partial charge in [0.2, 0.25) is 0 Å². The lowest BCUT2D eigenvalue weighted by Crippen LogP contribution is -2.15. The van der Waals surface area contributed by atoms with E-state index in [0.29, 0.717) is 29.0 Å². The molecule has 0 unspecified atom stereocenters. The second-order valence-corrected chi connectivity index (χ2v) is 8.25. The van der Waals surface area contributed by atoms with Gasteiger partial charge in [-0.1, -0.05) is 26.0 Å². The van der Waals surface area contributed by atoms with Crippen LogP contribution in [0.3, 0.4) is 0 Å². The fraction of sp³-hybridized carbons (Fsp3) is 0.440. The molecule has 3 aromatic rings. The van der Waals surface area contributed by atoms with E-state index in [2.05, 4.69) is 38.1 Å². The molecule has 170 valence electrons. The summed E-state index contributed by atoms with van der Waals surface area (Å²) in [6.07, 6.45) is 1.83. The van der Waals surface area contributed by atoms with Crippen LogP contribution in [0, 0.1) is 0 Å². The average Bonchev–Trinajstić information content (AvgIpc) is 3.29. The molecule has 2 heterocycles. The van der Waals surface area contributed by atoms with Crippen LogP contribution in [-0.4, -0.2) is 49.3 Å². The fourth-order valence-corrected chi connectivity index (χ4v) is 4.02. The normalized spacial score (nSPS) is 14.6. The van der Waals surface area contributed by atoms with Gasteiger partial charge < -0.3 is 18.9 Å². The topological polar surface area (TPSA) is 67.6 Å². The predicted molar refractivity (Wildman–Crippen MR) is 123 cm³/mol. The lowest BCUT2D eigenvalue weighted by molar-refractivity contribution is 0.0836. The predicted octanol–water partition coefficient (Wildman–Crippen LogP) is 4.98. The molecule has 2 aromatic carbocycles. The van der Waals surface area contributed by atoms with Crippen LogP contribution < -0.4 is 14.2 Å². The monoisotopic (exact) mass is 437 g/mol. The standard InChI is InChI=1S/C25H31N3O4/c1-16(2)17-6-8-19(9-7-17)28-25(26-24(27-28)18-10-12-32-13-11-18)20-14-22(30-4)23(31-5)15-21(20)29-3/h6-9,14-16,18H,10-13H2,1-5H3. The number of methoxy groups -OCH3 is 3. The molecule has 0 atom stereocenters. The van der Waals surface area contributed by atoms with E-state index in [1.165, 1.54) is 5.56 Å². The fourth-order valence-electron chi connectivity index (χ4n) is 4.02. The Hall–Kier alpha value is -3.06. The van der Waals surface area contributed by atoms with Gasteiger partial charge in [0, 0.05) is 25.2 Å². The van der Waals surface area contributed by atoms with Gasteiger partial charge in [-0.05, 0) is 42.5 Å². The molecule has 7 nitrogen and oxygen atoms in total. The van der Waals surface area contributed by atoms with Gasteiger partial charge in [-0.3, -0.25) is 0 Å². The summed E-state index contributed by atoms with van der Waals surface area (Å²) in [7, 11) is 4.87. The van der Waals surface area contributed by atoms with Crippen molar-refractivity contribution >= 4 is 0 Å². The van der Waals surface area contributed by atoms with Crippen LogP contribution in [0.25, 0.3) is 17.1 Å². The molecule has 0 bridgehead atoms. The summed E-state index contributed by atoms with van der Waals surface area (Å²) in [4.78, 5) is 5.00. The first kappa shape index (κ1) is 22.1. The summed E-state index contributed by atoms with van der Waals surface area (Å²) in [5.74, 6) is 4.13. The van der Waals surface area contributed by atoms with Crippen molar-refractivity contribution in [3.05, 3.63) is 47.8 Å². The van der Waals surface area contributed by atoms with Crippen molar-refractivity contribution in [3.63, 3.8) is 0 Å². The maximum Gasteiger partial charge on any atom is 0.167 e. The minimum Gasteiger partial charge on any atom is -0.496 e. The number of hydrogen-bond acceptors (Lipinski definition) is 6. The first-order valence-corrected chi connectivity index (χ1v) is 11.0. The van der Waals surface area contributed by atoms with Crippen LogP contribution in [0.2, 0.25) is 0 Å². The van der Waals surface area contributed by atoms with Crippen molar-refractivity contribution in [2.45, 2.75) is 38.5 Å². The molecule has 1 aromatic heterocycles. The van der Waals surface area contributed by atoms with Crippen LogP contribution in [0.1, 0.15) is 49.9 Å². The summed E-state index contributed by atoms with van der Waals surface area (Å²) in [5.41, 5.74) is 3.03. The largest absolute Gasteiger partial charge is 0.496 e. The number of hydrogen-bond donors (Lipinski definition) is 0. The van der Waals surface area contributed by atoms with Crippen molar-refractivity contribution in [1.82, 2.24) is 14.8 Å². The van der Waals surface area contributed by atoms with Gasteiger partial charge in [0.15, 0.2) is 23.1 Å². The molecule has 0 N–H and O–H groups in total. The molecule has 0 radical (unpaired) electrons. The van der Waals surface area contributed by atoms with Crippen LogP contribution in [0.4, 0.5) is 0 Å². The molecule has 32 heavy (non-hydrogen) atoms. The zero-order valence-electron chi connectivity index (χ0n) is 19.4. The Labute approximate surface area is 189 Å². The number of nitrogens with zero attached hydrogens (tertiary/aromatic N) is 3. The highest BCUT2D eigenvalue weighted by Crippen LogP contribution is 2.40. The molecule has 1 fully saturated rings. The van der Waals surface area contributed by atoms with Crippen LogP contribution >= 0.6 is 0 Å². The second-order valence-electron chi connectivity index (χ2n) is 8.25. The zero-order chi connectivity index (χ0) is 22.7. The van der Waals surface area contributed by atoms with E-state index < -0.39 is 0 Å². The van der Waals surface area contributed by atoms with E-state index in [9.17, 15) is 0 Å². The summed E-state index contributed by atoms with van der Waals surface area (Å²) < 4.78 is 24.2. The van der Waals surface area contributed by atoms with Gasteiger partial charge in [-0.25, -0.2) is 9.67 Å². The van der Waals surface area contributed by atoms with Crippen molar-refractivity contribution in [2.75, 3.05) is 34.5 Å². The maximum atomic E-state index is 5.70. The average molecular weight is 438 g/mol. The molecular weight excluding hydrogens is 406 g/mol. The Bertz CT molecular complexity index is 1050. The van der Waals surface area contributed by atoms with Gasteiger partial charge in [-0.15, -0.1) is 0 Å². The summed E-state index contributed by atoms with van der Waals surface area (Å²) in [5, 5.41) is 4.95. The second kappa shape index (κ2) is 9.61. The number of ether oxygens (including phenoxy) is 4. The highest BCUT2D eigenvalue weighted by molar-refractivity contribution is 5.71. The Morgan fingerprint density at radius 1 is 0.906 bits per heavy atom. The third-order valence-corrected chi connectivity index (χ3v) is 5.96. The van der Waals surface area contributed by atoms with E-state index in [1.807, 2.05) is 16.8 Å². The molecule has 0 spiro atoms. The molecule has 0 aliphatic carbocycles. The van der Waals surface area contributed by atoms with Crippen LogP contribution in [-0.2, 0) is 4.74 Å². The first-order valence-electron chi connectivity index (χ1n) is 11.0. The number of aromatic nitrogens is 3. The van der Waals surface area contributed by atoms with Gasteiger partial charge in [0.1, 0.15) is 5.75 Å². The molecule has 1 saturated heterocycles. The third kappa shape index (κ3) is 4.30. The minimum atomic E-state index is 0.268. The van der Waals surface area contributed by atoms with Crippen molar-refractivity contribution in [1.29, 1.82) is 0 Å². The zero-order valence-corrected chi connectivity index (χ0v) is 19.4. The van der Waals surface area contributed by atoms with Crippen LogP contribution in [0.15, 0.2) is 36.4 Å². The quantitative estimate of drug-likeness (QED) is 0.519. The smallest absolute Gasteiger partial charge is 0.167 e. The SMILES string of the molecule is COc1cc(OC)c(-c2nc(C3CCOCC3)nn2-c2ccc(C(C)C)cc2)cc1OC. The van der Waals surface area contributed by atoms with E-state index in [4.69, 9.17) is 29.0 Å². The molecule has 1 aliphatic heterocycles. The van der Waals surface area contributed by atoms with Gasteiger partial charge >= 0.3 is 0 Å². The lowest BCUT2D eigenvalue weighted by Gasteiger charge is -2.18. The molecule has 4 rings (SSSR count). The molecule has 0 saturated carbocycles. The van der Waals surface area contributed by atoms with Gasteiger partial charge in [-0.2, -0.15) is 5.10 Å². The Kier molecular flexibility index (Phi) is 6.65. The number of rotatable bonds is 7. The van der Waals surface area contributed by atoms with E-state index in [0.717, 1.165) is 43.1 Å². The molecular formula is C25H31N3O4. The van der Waals surface area contributed by atoms with Crippen molar-refractivity contribution in [3.8, 4) is 34.3 Å². The van der Waals surface area contributed by atoms with E-state index >= 15 is 0 Å². The maximum absolute atomic E-state index is 5.70. The first-order chi connectivity index (χ1) is 15.5. The highest BCUT2D eigenvalue weighted by Gasteiger charge is 2.25. The minimum absolute atomic E-state index is 0.268. The molecule has 1 aliphatic rings. The summed E-state index contributed by atoms with van der Waals surface area (Å²) in [6.45, 7) is 5.84. The Balaban J connectivity index is 1.87. The van der Waals surface area contributed by atoms with Gasteiger partial charge in [0.05, 0.1) is 32.6 Å². The highest BCUT2D eigenvalue weighted by atomic mass is 16.5. The third-order valence-electron chi connectivity index (χ3n) is 5.96. The summed E-state index contributed by atoms with van der Waals surface area (Å²) in [6, 6.07) is 12.2.